The minimum Gasteiger partial charge on any atom is -0.503 e. The van der Waals surface area contributed by atoms with Crippen LogP contribution in [0, 0.1) is 0 Å². The molecule has 0 spiro atoms. The number of para-hydroxylation sites is 1. The summed E-state index contributed by atoms with van der Waals surface area (Å²) in [4.78, 5) is 28.5. The lowest BCUT2D eigenvalue weighted by Crippen LogP contribution is -2.31. The molecule has 35 heavy (non-hydrogen) atoms. The van der Waals surface area contributed by atoms with E-state index in [9.17, 15) is 14.7 Å². The normalized spacial score (nSPS) is 16.4. The standard InChI is InChI=1S/C29H24ClNO4/c1-29(2,3)19-11-9-17(10-12-19)25-24(27(33)28(34)31(25)21-7-5-4-6-8-21)26(32)23-16-18-15-20(30)13-14-22(18)35-23/h4-16,25,33H,1-3H3. The van der Waals surface area contributed by atoms with Crippen molar-refractivity contribution in [1.29, 1.82) is 0 Å². The van der Waals surface area contributed by atoms with Crippen molar-refractivity contribution in [3.8, 4) is 0 Å². The molecule has 1 aliphatic heterocycles. The highest BCUT2D eigenvalue weighted by Crippen LogP contribution is 2.42. The largest absolute Gasteiger partial charge is 0.503 e. The van der Waals surface area contributed by atoms with Crippen molar-refractivity contribution in [2.24, 2.45) is 0 Å². The number of aliphatic hydroxyl groups excluding tert-OH is 1. The van der Waals surface area contributed by atoms with Crippen LogP contribution in [-0.2, 0) is 10.2 Å². The van der Waals surface area contributed by atoms with Crippen molar-refractivity contribution < 1.29 is 19.1 Å². The number of amides is 1. The second-order valence-electron chi connectivity index (χ2n) is 9.67. The van der Waals surface area contributed by atoms with Crippen molar-refractivity contribution in [3.05, 3.63) is 112 Å². The van der Waals surface area contributed by atoms with Crippen LogP contribution in [0.2, 0.25) is 5.02 Å². The number of furan rings is 1. The quantitative estimate of drug-likeness (QED) is 0.311. The van der Waals surface area contributed by atoms with Crippen LogP contribution in [0.5, 0.6) is 0 Å². The fourth-order valence-corrected chi connectivity index (χ4v) is 4.61. The number of carbonyl (C=O) groups excluding carboxylic acids is 2. The molecule has 176 valence electrons. The Bertz CT molecular complexity index is 1480. The van der Waals surface area contributed by atoms with E-state index < -0.39 is 23.5 Å². The monoisotopic (exact) mass is 485 g/mol. The van der Waals surface area contributed by atoms with Crippen molar-refractivity contribution in [2.45, 2.75) is 32.2 Å². The number of Topliss-reactive ketones (excluding diaryl/α,β-unsaturated/α-hetero) is 1. The summed E-state index contributed by atoms with van der Waals surface area (Å²) in [5.41, 5.74) is 2.82. The van der Waals surface area contributed by atoms with Gasteiger partial charge >= 0.3 is 0 Å². The Hall–Kier alpha value is -3.83. The van der Waals surface area contributed by atoms with Crippen LogP contribution in [0.3, 0.4) is 0 Å². The molecule has 3 aromatic carbocycles. The van der Waals surface area contributed by atoms with E-state index >= 15 is 0 Å². The SMILES string of the molecule is CC(C)(C)c1ccc(C2C(C(=O)c3cc4cc(Cl)ccc4o3)=C(O)C(=O)N2c2ccccc2)cc1. The van der Waals surface area contributed by atoms with Gasteiger partial charge in [-0.15, -0.1) is 0 Å². The molecule has 0 fully saturated rings. The molecule has 6 heteroatoms. The summed E-state index contributed by atoms with van der Waals surface area (Å²) >= 11 is 6.08. The molecule has 2 heterocycles. The second kappa shape index (κ2) is 8.43. The number of halogens is 1. The number of benzene rings is 3. The van der Waals surface area contributed by atoms with Gasteiger partial charge in [0.2, 0.25) is 5.78 Å². The van der Waals surface area contributed by atoms with Gasteiger partial charge in [-0.2, -0.15) is 0 Å². The van der Waals surface area contributed by atoms with Crippen LogP contribution >= 0.6 is 11.6 Å². The van der Waals surface area contributed by atoms with Crippen LogP contribution in [0.15, 0.2) is 94.6 Å². The number of nitrogens with zero attached hydrogens (tertiary/aromatic N) is 1. The molecule has 5 nitrogen and oxygen atoms in total. The van der Waals surface area contributed by atoms with E-state index in [4.69, 9.17) is 16.0 Å². The highest BCUT2D eigenvalue weighted by molar-refractivity contribution is 6.31. The highest BCUT2D eigenvalue weighted by atomic mass is 35.5. The van der Waals surface area contributed by atoms with Gasteiger partial charge in [0.05, 0.1) is 11.6 Å². The van der Waals surface area contributed by atoms with Gasteiger partial charge in [-0.1, -0.05) is 74.8 Å². The van der Waals surface area contributed by atoms with Crippen molar-refractivity contribution in [1.82, 2.24) is 0 Å². The molecule has 4 aromatic rings. The minimum atomic E-state index is -0.816. The number of hydrogen-bond donors (Lipinski definition) is 1. The van der Waals surface area contributed by atoms with Crippen molar-refractivity contribution in [2.75, 3.05) is 4.90 Å². The molecule has 1 aromatic heterocycles. The van der Waals surface area contributed by atoms with E-state index in [1.807, 2.05) is 42.5 Å². The fraction of sp³-hybridized carbons (Fsp3) is 0.172. The number of anilines is 1. The summed E-state index contributed by atoms with van der Waals surface area (Å²) in [6.45, 7) is 6.35. The van der Waals surface area contributed by atoms with Gasteiger partial charge < -0.3 is 9.52 Å². The van der Waals surface area contributed by atoms with Crippen LogP contribution in [0.25, 0.3) is 11.0 Å². The third-order valence-corrected chi connectivity index (χ3v) is 6.52. The number of ketones is 1. The Morgan fingerprint density at radius 2 is 1.66 bits per heavy atom. The van der Waals surface area contributed by atoms with Crippen LogP contribution in [0.1, 0.15) is 48.5 Å². The molecule has 1 aliphatic rings. The predicted octanol–water partition coefficient (Wildman–Crippen LogP) is 7.17. The molecule has 1 atom stereocenters. The Kier molecular flexibility index (Phi) is 5.53. The average Bonchev–Trinajstić information content (AvgIpc) is 3.37. The summed E-state index contributed by atoms with van der Waals surface area (Å²) in [6, 6.07) is 22.6. The van der Waals surface area contributed by atoms with Gasteiger partial charge in [-0.25, -0.2) is 0 Å². The summed E-state index contributed by atoms with van der Waals surface area (Å²) in [7, 11) is 0. The number of hydrogen-bond acceptors (Lipinski definition) is 4. The molecule has 5 rings (SSSR count). The Morgan fingerprint density at radius 1 is 0.971 bits per heavy atom. The fourth-order valence-electron chi connectivity index (χ4n) is 4.43. The van der Waals surface area contributed by atoms with Gasteiger partial charge in [-0.05, 0) is 52.9 Å². The average molecular weight is 486 g/mol. The Morgan fingerprint density at radius 3 is 2.31 bits per heavy atom. The second-order valence-corrected chi connectivity index (χ2v) is 10.1. The third-order valence-electron chi connectivity index (χ3n) is 6.28. The van der Waals surface area contributed by atoms with E-state index in [2.05, 4.69) is 20.8 Å². The van der Waals surface area contributed by atoms with Gasteiger partial charge in [0.15, 0.2) is 11.5 Å². The third kappa shape index (κ3) is 4.02. The molecule has 1 amide bonds. The summed E-state index contributed by atoms with van der Waals surface area (Å²) in [5, 5.41) is 12.1. The maximum atomic E-state index is 13.7. The lowest BCUT2D eigenvalue weighted by atomic mass is 9.85. The van der Waals surface area contributed by atoms with E-state index in [1.54, 1.807) is 36.4 Å². The molecular formula is C29H24ClNO4. The number of rotatable bonds is 4. The summed E-state index contributed by atoms with van der Waals surface area (Å²) < 4.78 is 5.79. The number of aliphatic hydroxyl groups is 1. The number of carbonyl (C=O) groups is 2. The zero-order valence-electron chi connectivity index (χ0n) is 19.6. The lowest BCUT2D eigenvalue weighted by molar-refractivity contribution is -0.117. The van der Waals surface area contributed by atoms with E-state index in [1.165, 1.54) is 4.90 Å². The van der Waals surface area contributed by atoms with Gasteiger partial charge in [0, 0.05) is 16.1 Å². The van der Waals surface area contributed by atoms with Crippen molar-refractivity contribution in [3.63, 3.8) is 0 Å². The van der Waals surface area contributed by atoms with E-state index in [-0.39, 0.29) is 16.7 Å². The zero-order valence-corrected chi connectivity index (χ0v) is 20.3. The van der Waals surface area contributed by atoms with Crippen LogP contribution < -0.4 is 4.90 Å². The van der Waals surface area contributed by atoms with Crippen LogP contribution in [-0.4, -0.2) is 16.8 Å². The molecule has 0 saturated carbocycles. The molecule has 0 saturated heterocycles. The maximum absolute atomic E-state index is 13.7. The Balaban J connectivity index is 1.64. The molecule has 0 aliphatic carbocycles. The smallest absolute Gasteiger partial charge is 0.294 e. The Labute approximate surface area is 208 Å². The highest BCUT2D eigenvalue weighted by Gasteiger charge is 2.45. The molecular weight excluding hydrogens is 462 g/mol. The van der Waals surface area contributed by atoms with E-state index in [0.29, 0.717) is 27.2 Å². The number of fused-ring (bicyclic) bond motifs is 1. The summed E-state index contributed by atoms with van der Waals surface area (Å²) in [5.74, 6) is -1.74. The maximum Gasteiger partial charge on any atom is 0.294 e. The topological polar surface area (TPSA) is 70.7 Å². The first kappa shape index (κ1) is 22.9. The van der Waals surface area contributed by atoms with Gasteiger partial charge in [0.1, 0.15) is 5.58 Å². The van der Waals surface area contributed by atoms with E-state index in [0.717, 1.165) is 5.56 Å². The zero-order chi connectivity index (χ0) is 24.9. The first-order chi connectivity index (χ1) is 16.6. The molecule has 0 radical (unpaired) electrons. The first-order valence-electron chi connectivity index (χ1n) is 11.3. The lowest BCUT2D eigenvalue weighted by Gasteiger charge is -2.27. The summed E-state index contributed by atoms with van der Waals surface area (Å²) in [6.07, 6.45) is 0. The molecule has 1 unspecified atom stereocenters. The first-order valence-corrected chi connectivity index (χ1v) is 11.7. The van der Waals surface area contributed by atoms with Gasteiger partial charge in [-0.3, -0.25) is 14.5 Å². The minimum absolute atomic E-state index is 0.0208. The van der Waals surface area contributed by atoms with Crippen molar-refractivity contribution >= 4 is 39.9 Å². The van der Waals surface area contributed by atoms with Crippen LogP contribution in [0.4, 0.5) is 5.69 Å². The predicted molar refractivity (Wildman–Crippen MR) is 137 cm³/mol. The van der Waals surface area contributed by atoms with Gasteiger partial charge in [0.25, 0.3) is 5.91 Å². The molecule has 1 N–H and O–H groups in total. The molecule has 0 bridgehead atoms.